The van der Waals surface area contributed by atoms with E-state index in [0.717, 1.165) is 15.8 Å². The first kappa shape index (κ1) is 19.4. The van der Waals surface area contributed by atoms with E-state index in [1.54, 1.807) is 26.0 Å². The van der Waals surface area contributed by atoms with Gasteiger partial charge in [0.2, 0.25) is 0 Å². The minimum Gasteiger partial charge on any atom is -0.378 e. The van der Waals surface area contributed by atoms with Crippen LogP contribution in [0.3, 0.4) is 0 Å². The number of aromatic nitrogens is 2. The number of aryl methyl sites for hydroxylation is 1. The van der Waals surface area contributed by atoms with Crippen LogP contribution in [0, 0.1) is 25.2 Å². The molecule has 2 heterocycles. The summed E-state index contributed by atoms with van der Waals surface area (Å²) >= 11 is 0. The third-order valence-corrected chi connectivity index (χ3v) is 4.81. The van der Waals surface area contributed by atoms with Crippen LogP contribution in [0.15, 0.2) is 24.3 Å². The number of benzene rings is 1. The minimum atomic E-state index is -4.31. The van der Waals surface area contributed by atoms with Gasteiger partial charge in [-0.2, -0.15) is 23.5 Å². The van der Waals surface area contributed by atoms with E-state index >= 15 is 0 Å². The number of halogens is 3. The Morgan fingerprint density at radius 1 is 1.26 bits per heavy atom. The quantitative estimate of drug-likeness (QED) is 0.817. The Bertz CT molecular complexity index is 836. The third kappa shape index (κ3) is 4.49. The van der Waals surface area contributed by atoms with Crippen LogP contribution >= 0.6 is 0 Å². The SMILES string of the molecule is Cc1nn(CC(F)(F)F)c(C)c1[C@H]1COCCN1Cc1ccc(C#N)cc1. The van der Waals surface area contributed by atoms with Gasteiger partial charge < -0.3 is 4.74 Å². The summed E-state index contributed by atoms with van der Waals surface area (Å²) in [5, 5.41) is 13.0. The van der Waals surface area contributed by atoms with E-state index in [4.69, 9.17) is 10.00 Å². The molecular weight excluding hydrogens is 357 g/mol. The molecule has 1 atom stereocenters. The van der Waals surface area contributed by atoms with E-state index in [-0.39, 0.29) is 6.04 Å². The Morgan fingerprint density at radius 3 is 2.59 bits per heavy atom. The van der Waals surface area contributed by atoms with E-state index in [9.17, 15) is 13.2 Å². The van der Waals surface area contributed by atoms with Crippen LogP contribution < -0.4 is 0 Å². The predicted molar refractivity (Wildman–Crippen MR) is 92.9 cm³/mol. The zero-order chi connectivity index (χ0) is 19.6. The van der Waals surface area contributed by atoms with Crippen molar-refractivity contribution in [1.82, 2.24) is 14.7 Å². The minimum absolute atomic E-state index is 0.156. The lowest BCUT2D eigenvalue weighted by Crippen LogP contribution is -2.39. The van der Waals surface area contributed by atoms with Crippen LogP contribution in [0.4, 0.5) is 13.2 Å². The predicted octanol–water partition coefficient (Wildman–Crippen LogP) is 3.51. The number of rotatable bonds is 4. The topological polar surface area (TPSA) is 54.1 Å². The first-order valence-electron chi connectivity index (χ1n) is 8.70. The summed E-state index contributed by atoms with van der Waals surface area (Å²) in [6.07, 6.45) is -4.31. The Kier molecular flexibility index (Phi) is 5.53. The van der Waals surface area contributed by atoms with E-state index < -0.39 is 12.7 Å². The van der Waals surface area contributed by atoms with Gasteiger partial charge in [0.15, 0.2) is 0 Å². The van der Waals surface area contributed by atoms with Crippen molar-refractivity contribution in [3.63, 3.8) is 0 Å². The molecular formula is C19H21F3N4O. The maximum atomic E-state index is 12.8. The lowest BCUT2D eigenvalue weighted by Gasteiger charge is -2.36. The third-order valence-electron chi connectivity index (χ3n) is 4.81. The molecule has 0 spiro atoms. The van der Waals surface area contributed by atoms with Crippen molar-refractivity contribution >= 4 is 0 Å². The molecule has 1 aliphatic heterocycles. The molecule has 2 aromatic rings. The van der Waals surface area contributed by atoms with Gasteiger partial charge in [-0.25, -0.2) is 0 Å². The molecule has 0 saturated carbocycles. The molecule has 1 aromatic heterocycles. The molecule has 1 aromatic carbocycles. The van der Waals surface area contributed by atoms with Gasteiger partial charge in [-0.15, -0.1) is 0 Å². The van der Waals surface area contributed by atoms with Crippen LogP contribution in [0.5, 0.6) is 0 Å². The van der Waals surface area contributed by atoms with E-state index in [2.05, 4.69) is 16.1 Å². The molecule has 8 heteroatoms. The van der Waals surface area contributed by atoms with Gasteiger partial charge in [0.1, 0.15) is 6.54 Å². The number of alkyl halides is 3. The van der Waals surface area contributed by atoms with Gasteiger partial charge >= 0.3 is 6.18 Å². The van der Waals surface area contributed by atoms with Crippen LogP contribution in [0.25, 0.3) is 0 Å². The molecule has 0 bridgehead atoms. The monoisotopic (exact) mass is 378 g/mol. The van der Waals surface area contributed by atoms with Crippen molar-refractivity contribution in [3.8, 4) is 6.07 Å². The second kappa shape index (κ2) is 7.71. The molecule has 1 saturated heterocycles. The second-order valence-electron chi connectivity index (χ2n) is 6.73. The molecule has 0 N–H and O–H groups in total. The highest BCUT2D eigenvalue weighted by atomic mass is 19.4. The van der Waals surface area contributed by atoms with Gasteiger partial charge in [-0.3, -0.25) is 9.58 Å². The number of nitrogens with zero attached hydrogens (tertiary/aromatic N) is 4. The van der Waals surface area contributed by atoms with Crippen molar-refractivity contribution in [2.75, 3.05) is 19.8 Å². The summed E-state index contributed by atoms with van der Waals surface area (Å²) < 4.78 is 45.1. The smallest absolute Gasteiger partial charge is 0.378 e. The Labute approximate surface area is 156 Å². The molecule has 144 valence electrons. The summed E-state index contributed by atoms with van der Waals surface area (Å²) in [7, 11) is 0. The zero-order valence-electron chi connectivity index (χ0n) is 15.3. The summed E-state index contributed by atoms with van der Waals surface area (Å²) in [5.74, 6) is 0. The summed E-state index contributed by atoms with van der Waals surface area (Å²) in [6.45, 7) is 4.61. The second-order valence-corrected chi connectivity index (χ2v) is 6.73. The van der Waals surface area contributed by atoms with Gasteiger partial charge in [-0.05, 0) is 31.5 Å². The lowest BCUT2D eigenvalue weighted by atomic mass is 10.0. The highest BCUT2D eigenvalue weighted by molar-refractivity contribution is 5.32. The highest BCUT2D eigenvalue weighted by Gasteiger charge is 2.33. The Balaban J connectivity index is 1.86. The van der Waals surface area contributed by atoms with E-state index in [0.29, 0.717) is 43.3 Å². The molecule has 5 nitrogen and oxygen atoms in total. The summed E-state index contributed by atoms with van der Waals surface area (Å²) in [4.78, 5) is 2.19. The van der Waals surface area contributed by atoms with Gasteiger partial charge in [0.25, 0.3) is 0 Å². The van der Waals surface area contributed by atoms with Gasteiger partial charge in [0, 0.05) is 24.3 Å². The fraction of sp³-hybridized carbons (Fsp3) is 0.474. The van der Waals surface area contributed by atoms with Crippen molar-refractivity contribution in [2.24, 2.45) is 0 Å². The number of nitriles is 1. The largest absolute Gasteiger partial charge is 0.408 e. The fourth-order valence-electron chi connectivity index (χ4n) is 3.53. The van der Waals surface area contributed by atoms with Crippen LogP contribution in [0.1, 0.15) is 34.1 Å². The molecule has 27 heavy (non-hydrogen) atoms. The first-order chi connectivity index (χ1) is 12.8. The molecule has 0 amide bonds. The van der Waals surface area contributed by atoms with Crippen molar-refractivity contribution < 1.29 is 17.9 Å². The normalized spacial score (nSPS) is 18.4. The van der Waals surface area contributed by atoms with Gasteiger partial charge in [-0.1, -0.05) is 12.1 Å². The average molecular weight is 378 g/mol. The van der Waals surface area contributed by atoms with Crippen molar-refractivity contribution in [2.45, 2.75) is 39.2 Å². The maximum absolute atomic E-state index is 12.8. The number of hydrogen-bond donors (Lipinski definition) is 0. The maximum Gasteiger partial charge on any atom is 0.408 e. The standard InChI is InChI=1S/C19H21F3N4O/c1-13-18(14(2)26(24-13)12-19(20,21)22)17-11-27-8-7-25(17)10-16-5-3-15(9-23)4-6-16/h3-6,17H,7-8,10-12H2,1-2H3/t17-/m1/s1. The average Bonchev–Trinajstić information content (AvgIpc) is 2.88. The summed E-state index contributed by atoms with van der Waals surface area (Å²) in [6, 6.07) is 9.27. The molecule has 1 aliphatic rings. The molecule has 0 unspecified atom stereocenters. The van der Waals surface area contributed by atoms with E-state index in [1.807, 2.05) is 12.1 Å². The first-order valence-corrected chi connectivity index (χ1v) is 8.70. The Hall–Kier alpha value is -2.37. The molecule has 0 aliphatic carbocycles. The van der Waals surface area contributed by atoms with Crippen LogP contribution in [-0.4, -0.2) is 40.6 Å². The zero-order valence-corrected chi connectivity index (χ0v) is 15.3. The molecule has 1 fully saturated rings. The van der Waals surface area contributed by atoms with E-state index in [1.165, 1.54) is 0 Å². The van der Waals surface area contributed by atoms with Crippen LogP contribution in [0.2, 0.25) is 0 Å². The highest BCUT2D eigenvalue weighted by Crippen LogP contribution is 2.31. The summed E-state index contributed by atoms with van der Waals surface area (Å²) in [5.41, 5.74) is 3.55. The molecule has 3 rings (SSSR count). The number of morpholine rings is 1. The fourth-order valence-corrected chi connectivity index (χ4v) is 3.53. The Morgan fingerprint density at radius 2 is 1.96 bits per heavy atom. The van der Waals surface area contributed by atoms with Crippen molar-refractivity contribution in [3.05, 3.63) is 52.3 Å². The lowest BCUT2D eigenvalue weighted by molar-refractivity contribution is -0.143. The molecule has 0 radical (unpaired) electrons. The number of hydrogen-bond acceptors (Lipinski definition) is 4. The van der Waals surface area contributed by atoms with Gasteiger partial charge in [0.05, 0.1) is 36.6 Å². The van der Waals surface area contributed by atoms with Crippen LogP contribution in [-0.2, 0) is 17.8 Å². The number of ether oxygens (including phenoxy) is 1. The van der Waals surface area contributed by atoms with Crippen molar-refractivity contribution in [1.29, 1.82) is 5.26 Å².